The quantitative estimate of drug-likeness (QED) is 0.923. The fraction of sp³-hybridized carbons (Fsp3) is 0.600. The zero-order valence-corrected chi connectivity index (χ0v) is 12.9. The summed E-state index contributed by atoms with van der Waals surface area (Å²) >= 11 is 3.68. The summed E-state index contributed by atoms with van der Waals surface area (Å²) < 4.78 is 12.1. The van der Waals surface area contributed by atoms with Crippen molar-refractivity contribution in [3.63, 3.8) is 0 Å². The summed E-state index contributed by atoms with van der Waals surface area (Å²) in [6.45, 7) is 3.68. The number of halogens is 1. The maximum absolute atomic E-state index is 5.54. The van der Waals surface area contributed by atoms with Crippen LogP contribution in [0, 0.1) is 0 Å². The molecule has 1 atom stereocenters. The average molecular weight is 326 g/mol. The first kappa shape index (κ1) is 13.3. The normalized spacial score (nSPS) is 21.7. The summed E-state index contributed by atoms with van der Waals surface area (Å²) in [7, 11) is 0. The third-order valence-corrected chi connectivity index (χ3v) is 4.87. The number of nitrogens with one attached hydrogen (secondary N) is 1. The molecule has 1 unspecified atom stereocenters. The molecule has 19 heavy (non-hydrogen) atoms. The molecule has 1 fully saturated rings. The van der Waals surface area contributed by atoms with Gasteiger partial charge < -0.3 is 14.8 Å². The monoisotopic (exact) mass is 325 g/mol. The van der Waals surface area contributed by atoms with Crippen LogP contribution in [0.1, 0.15) is 37.3 Å². The first-order valence-electron chi connectivity index (χ1n) is 7.12. The summed E-state index contributed by atoms with van der Waals surface area (Å²) in [5.74, 6) is 1.76. The van der Waals surface area contributed by atoms with E-state index in [0.717, 1.165) is 35.4 Å². The largest absolute Gasteiger partial charge is 0.454 e. The van der Waals surface area contributed by atoms with Crippen LogP contribution in [-0.4, -0.2) is 19.4 Å². The van der Waals surface area contributed by atoms with Crippen molar-refractivity contribution in [2.24, 2.45) is 0 Å². The summed E-state index contributed by atoms with van der Waals surface area (Å²) in [5, 5.41) is 3.62. The van der Waals surface area contributed by atoms with Crippen molar-refractivity contribution >= 4 is 15.9 Å². The van der Waals surface area contributed by atoms with Crippen LogP contribution >= 0.6 is 15.9 Å². The number of ether oxygens (including phenoxy) is 2. The molecule has 0 radical (unpaired) electrons. The van der Waals surface area contributed by atoms with Crippen LogP contribution in [0.5, 0.6) is 11.5 Å². The molecule has 0 spiro atoms. The third-order valence-electron chi connectivity index (χ3n) is 4.03. The van der Waals surface area contributed by atoms with Crippen molar-refractivity contribution in [3.05, 3.63) is 21.7 Å². The number of rotatable bonds is 3. The molecule has 3 rings (SSSR count). The van der Waals surface area contributed by atoms with Gasteiger partial charge in [-0.1, -0.05) is 13.3 Å². The van der Waals surface area contributed by atoms with Crippen molar-refractivity contribution < 1.29 is 9.47 Å². The van der Waals surface area contributed by atoms with Gasteiger partial charge in [0.05, 0.1) is 4.47 Å². The fourth-order valence-electron chi connectivity index (χ4n) is 3.02. The minimum absolute atomic E-state index is 0.336. The van der Waals surface area contributed by atoms with Crippen LogP contribution in [-0.2, 0) is 12.8 Å². The Morgan fingerprint density at radius 2 is 2.26 bits per heavy atom. The molecular weight excluding hydrogens is 306 g/mol. The third kappa shape index (κ3) is 2.61. The Balaban J connectivity index is 1.89. The van der Waals surface area contributed by atoms with E-state index in [9.17, 15) is 0 Å². The van der Waals surface area contributed by atoms with Gasteiger partial charge in [-0.2, -0.15) is 0 Å². The lowest BCUT2D eigenvalue weighted by Crippen LogP contribution is -2.35. The van der Waals surface area contributed by atoms with E-state index in [4.69, 9.17) is 9.47 Å². The summed E-state index contributed by atoms with van der Waals surface area (Å²) in [6, 6.07) is 2.77. The second-order valence-electron chi connectivity index (χ2n) is 5.27. The van der Waals surface area contributed by atoms with E-state index in [0.29, 0.717) is 12.8 Å². The molecule has 0 aliphatic carbocycles. The standard InChI is InChI=1S/C15H20BrNO2/c1-2-12-10(7-11-5-3-4-6-17-11)8-13-15(14(12)16)19-9-18-13/h8,11,17H,2-7,9H2,1H3. The van der Waals surface area contributed by atoms with E-state index < -0.39 is 0 Å². The minimum atomic E-state index is 0.336. The second kappa shape index (κ2) is 5.71. The molecule has 1 aromatic carbocycles. The van der Waals surface area contributed by atoms with Crippen LogP contribution in [0.2, 0.25) is 0 Å². The lowest BCUT2D eigenvalue weighted by Gasteiger charge is -2.25. The smallest absolute Gasteiger partial charge is 0.231 e. The maximum atomic E-state index is 5.54. The highest BCUT2D eigenvalue weighted by atomic mass is 79.9. The van der Waals surface area contributed by atoms with Crippen LogP contribution in [0.25, 0.3) is 0 Å². The van der Waals surface area contributed by atoms with Gasteiger partial charge in [0.1, 0.15) is 0 Å². The van der Waals surface area contributed by atoms with Crippen LogP contribution in [0.3, 0.4) is 0 Å². The molecule has 1 N–H and O–H groups in total. The van der Waals surface area contributed by atoms with Gasteiger partial charge in [-0.15, -0.1) is 0 Å². The molecule has 0 amide bonds. The van der Waals surface area contributed by atoms with Crippen molar-refractivity contribution in [2.45, 2.75) is 45.1 Å². The van der Waals surface area contributed by atoms with Crippen LogP contribution in [0.15, 0.2) is 10.5 Å². The van der Waals surface area contributed by atoms with E-state index in [1.165, 1.54) is 30.4 Å². The van der Waals surface area contributed by atoms with Crippen molar-refractivity contribution in [1.82, 2.24) is 5.32 Å². The van der Waals surface area contributed by atoms with Crippen LogP contribution < -0.4 is 14.8 Å². The highest BCUT2D eigenvalue weighted by molar-refractivity contribution is 9.10. The topological polar surface area (TPSA) is 30.5 Å². The molecule has 0 saturated carbocycles. The maximum Gasteiger partial charge on any atom is 0.231 e. The van der Waals surface area contributed by atoms with Gasteiger partial charge >= 0.3 is 0 Å². The van der Waals surface area contributed by atoms with Gasteiger partial charge in [0.2, 0.25) is 6.79 Å². The predicted molar refractivity (Wildman–Crippen MR) is 79.0 cm³/mol. The molecule has 1 saturated heterocycles. The SMILES string of the molecule is CCc1c(CC2CCCCN2)cc2c(c1Br)OCO2. The summed E-state index contributed by atoms with van der Waals surface area (Å²) in [5.41, 5.74) is 2.75. The Labute approximate surface area is 122 Å². The molecule has 0 bridgehead atoms. The average Bonchev–Trinajstić information content (AvgIpc) is 2.89. The molecule has 1 aromatic rings. The molecule has 3 nitrogen and oxygen atoms in total. The molecule has 0 aromatic heterocycles. The Morgan fingerprint density at radius 1 is 1.37 bits per heavy atom. The summed E-state index contributed by atoms with van der Waals surface area (Å²) in [6.07, 6.45) is 6.01. The highest BCUT2D eigenvalue weighted by Gasteiger charge is 2.23. The minimum Gasteiger partial charge on any atom is -0.454 e. The number of hydrogen-bond donors (Lipinski definition) is 1. The van der Waals surface area contributed by atoms with E-state index in [1.807, 2.05) is 0 Å². The lowest BCUT2D eigenvalue weighted by molar-refractivity contribution is 0.173. The zero-order valence-electron chi connectivity index (χ0n) is 11.3. The second-order valence-corrected chi connectivity index (χ2v) is 6.06. The fourth-order valence-corrected chi connectivity index (χ4v) is 3.86. The molecule has 2 aliphatic heterocycles. The van der Waals surface area contributed by atoms with E-state index in [1.54, 1.807) is 0 Å². The molecular formula is C15H20BrNO2. The van der Waals surface area contributed by atoms with Gasteiger partial charge in [0, 0.05) is 6.04 Å². The van der Waals surface area contributed by atoms with E-state index in [2.05, 4.69) is 34.2 Å². The Bertz CT molecular complexity index is 470. The van der Waals surface area contributed by atoms with Gasteiger partial charge in [0.15, 0.2) is 11.5 Å². The Hall–Kier alpha value is -0.740. The first-order chi connectivity index (χ1) is 9.29. The number of fused-ring (bicyclic) bond motifs is 1. The molecule has 4 heteroatoms. The van der Waals surface area contributed by atoms with Crippen molar-refractivity contribution in [3.8, 4) is 11.5 Å². The van der Waals surface area contributed by atoms with E-state index in [-0.39, 0.29) is 0 Å². The number of benzene rings is 1. The predicted octanol–water partition coefficient (Wildman–Crippen LogP) is 3.42. The van der Waals surface area contributed by atoms with E-state index >= 15 is 0 Å². The number of hydrogen-bond acceptors (Lipinski definition) is 3. The van der Waals surface area contributed by atoms with Gasteiger partial charge in [-0.3, -0.25) is 0 Å². The first-order valence-corrected chi connectivity index (χ1v) is 7.92. The zero-order chi connectivity index (χ0) is 13.2. The number of piperidine rings is 1. The van der Waals surface area contributed by atoms with Gasteiger partial charge in [-0.05, 0) is 65.4 Å². The Kier molecular flexibility index (Phi) is 3.99. The van der Waals surface area contributed by atoms with Crippen molar-refractivity contribution in [2.75, 3.05) is 13.3 Å². The molecule has 2 aliphatic rings. The highest BCUT2D eigenvalue weighted by Crippen LogP contribution is 2.43. The van der Waals surface area contributed by atoms with Crippen LogP contribution in [0.4, 0.5) is 0 Å². The van der Waals surface area contributed by atoms with Crippen molar-refractivity contribution in [1.29, 1.82) is 0 Å². The van der Waals surface area contributed by atoms with Gasteiger partial charge in [-0.25, -0.2) is 0 Å². The lowest BCUT2D eigenvalue weighted by atomic mass is 9.93. The Morgan fingerprint density at radius 3 is 3.00 bits per heavy atom. The molecule has 2 heterocycles. The summed E-state index contributed by atoms with van der Waals surface area (Å²) in [4.78, 5) is 0. The molecule has 104 valence electrons. The van der Waals surface area contributed by atoms with Gasteiger partial charge in [0.25, 0.3) is 0 Å².